The zero-order valence-electron chi connectivity index (χ0n) is 14.3. The van der Waals surface area contributed by atoms with E-state index in [-0.39, 0.29) is 12.3 Å². The summed E-state index contributed by atoms with van der Waals surface area (Å²) in [5.74, 6) is 0.515. The minimum absolute atomic E-state index is 0.179. The second-order valence-corrected chi connectivity index (χ2v) is 5.46. The topological polar surface area (TPSA) is 101 Å². The average Bonchev–Trinajstić information content (AvgIpc) is 3.05. The molecule has 0 fully saturated rings. The van der Waals surface area contributed by atoms with Crippen molar-refractivity contribution >= 4 is 23.7 Å². The van der Waals surface area contributed by atoms with Crippen molar-refractivity contribution < 1.29 is 9.13 Å². The highest BCUT2D eigenvalue weighted by molar-refractivity contribution is 5.84. The van der Waals surface area contributed by atoms with Gasteiger partial charge in [-0.1, -0.05) is 12.1 Å². The number of nitrogens with zero attached hydrogens (tertiary/aromatic N) is 4. The Labute approximate surface area is 149 Å². The minimum Gasteiger partial charge on any atom is -0.494 e. The fourth-order valence-corrected chi connectivity index (χ4v) is 2.34. The monoisotopic (exact) mass is 355 g/mol. The van der Waals surface area contributed by atoms with Gasteiger partial charge >= 0.3 is 0 Å². The van der Waals surface area contributed by atoms with Crippen molar-refractivity contribution in [3.05, 3.63) is 53.7 Å². The van der Waals surface area contributed by atoms with E-state index in [1.54, 1.807) is 42.3 Å². The molecule has 0 saturated heterocycles. The molecule has 0 spiro atoms. The fraction of sp³-hybridized carbons (Fsp3) is 0.176. The lowest BCUT2D eigenvalue weighted by Crippen LogP contribution is -2.09. The number of methoxy groups -OCH3 is 1. The van der Waals surface area contributed by atoms with E-state index in [0.29, 0.717) is 22.9 Å². The third-order valence-electron chi connectivity index (χ3n) is 3.64. The van der Waals surface area contributed by atoms with Crippen LogP contribution >= 0.6 is 0 Å². The van der Waals surface area contributed by atoms with E-state index in [9.17, 15) is 4.39 Å². The number of benzene rings is 1. The first-order valence-electron chi connectivity index (χ1n) is 7.79. The van der Waals surface area contributed by atoms with Gasteiger partial charge in [-0.3, -0.25) is 4.68 Å². The Morgan fingerprint density at radius 1 is 1.35 bits per heavy atom. The van der Waals surface area contributed by atoms with Crippen LogP contribution in [0.25, 0.3) is 0 Å². The van der Waals surface area contributed by atoms with Gasteiger partial charge in [0.25, 0.3) is 0 Å². The Morgan fingerprint density at radius 2 is 2.19 bits per heavy atom. The van der Waals surface area contributed by atoms with Crippen LogP contribution in [-0.2, 0) is 13.6 Å². The standard InChI is InChI=1S/C17H18FN7O/c1-25-10-13(9-22-25)23-17-21-8-12(6-19)16(24-17)20-7-11-4-3-5-14(26-2)15(11)18/h3-6,8-10,19H,7H2,1-2H3,(H2,20,21,23,24). The van der Waals surface area contributed by atoms with Crippen molar-refractivity contribution in [2.45, 2.75) is 6.54 Å². The van der Waals surface area contributed by atoms with Gasteiger partial charge in [-0.25, -0.2) is 9.37 Å². The number of hydrogen-bond donors (Lipinski definition) is 3. The molecule has 0 bridgehead atoms. The van der Waals surface area contributed by atoms with Crippen molar-refractivity contribution in [1.82, 2.24) is 19.7 Å². The van der Waals surface area contributed by atoms with Gasteiger partial charge in [0.1, 0.15) is 5.82 Å². The third-order valence-corrected chi connectivity index (χ3v) is 3.64. The highest BCUT2D eigenvalue weighted by Gasteiger charge is 2.11. The van der Waals surface area contributed by atoms with E-state index in [1.165, 1.54) is 13.3 Å². The molecule has 0 radical (unpaired) electrons. The molecule has 3 rings (SSSR count). The van der Waals surface area contributed by atoms with E-state index >= 15 is 0 Å². The first-order chi connectivity index (χ1) is 12.6. The summed E-state index contributed by atoms with van der Waals surface area (Å²) in [6, 6.07) is 4.93. The Hall–Kier alpha value is -3.49. The largest absolute Gasteiger partial charge is 0.494 e. The summed E-state index contributed by atoms with van der Waals surface area (Å²) in [6.07, 6.45) is 6.08. The van der Waals surface area contributed by atoms with Gasteiger partial charge in [0, 0.05) is 37.8 Å². The molecule has 134 valence electrons. The summed E-state index contributed by atoms with van der Waals surface area (Å²) in [4.78, 5) is 8.53. The molecule has 0 amide bonds. The van der Waals surface area contributed by atoms with Gasteiger partial charge in [-0.2, -0.15) is 10.1 Å². The van der Waals surface area contributed by atoms with Gasteiger partial charge in [-0.15, -0.1) is 0 Å². The predicted molar refractivity (Wildman–Crippen MR) is 96.7 cm³/mol. The first kappa shape index (κ1) is 17.3. The normalized spacial score (nSPS) is 10.4. The fourth-order valence-electron chi connectivity index (χ4n) is 2.34. The molecule has 0 saturated carbocycles. The second kappa shape index (κ2) is 7.60. The Kier molecular flexibility index (Phi) is 5.07. The Morgan fingerprint density at radius 3 is 2.88 bits per heavy atom. The summed E-state index contributed by atoms with van der Waals surface area (Å²) in [5.41, 5.74) is 1.66. The molecule has 3 aromatic rings. The highest BCUT2D eigenvalue weighted by Crippen LogP contribution is 2.22. The number of nitrogens with one attached hydrogen (secondary N) is 3. The maximum Gasteiger partial charge on any atom is 0.229 e. The smallest absolute Gasteiger partial charge is 0.229 e. The van der Waals surface area contributed by atoms with Gasteiger partial charge < -0.3 is 20.8 Å². The van der Waals surface area contributed by atoms with Crippen molar-refractivity contribution in [2.75, 3.05) is 17.7 Å². The minimum atomic E-state index is -0.429. The molecule has 9 heteroatoms. The Bertz CT molecular complexity index is 925. The molecule has 3 N–H and O–H groups in total. The molecule has 0 aliphatic rings. The zero-order chi connectivity index (χ0) is 18.5. The number of hydrogen-bond acceptors (Lipinski definition) is 7. The number of rotatable bonds is 7. The quantitative estimate of drug-likeness (QED) is 0.564. The summed E-state index contributed by atoms with van der Waals surface area (Å²) in [5, 5.41) is 17.6. The number of aryl methyl sites for hydroxylation is 1. The molecule has 1 aromatic carbocycles. The van der Waals surface area contributed by atoms with Crippen LogP contribution in [0.5, 0.6) is 5.75 Å². The van der Waals surface area contributed by atoms with Crippen LogP contribution < -0.4 is 15.4 Å². The van der Waals surface area contributed by atoms with Crippen molar-refractivity contribution in [2.24, 2.45) is 7.05 Å². The maximum absolute atomic E-state index is 14.3. The van der Waals surface area contributed by atoms with Gasteiger partial charge in [0.05, 0.1) is 24.6 Å². The lowest BCUT2D eigenvalue weighted by atomic mass is 10.2. The summed E-state index contributed by atoms with van der Waals surface area (Å²) in [6.45, 7) is 0.188. The predicted octanol–water partition coefficient (Wildman–Crippen LogP) is 2.71. The number of aromatic nitrogens is 4. The van der Waals surface area contributed by atoms with E-state index < -0.39 is 5.82 Å². The molecule has 26 heavy (non-hydrogen) atoms. The Balaban J connectivity index is 1.80. The van der Waals surface area contributed by atoms with E-state index in [4.69, 9.17) is 10.1 Å². The number of ether oxygens (including phenoxy) is 1. The lowest BCUT2D eigenvalue weighted by Gasteiger charge is -2.12. The van der Waals surface area contributed by atoms with Gasteiger partial charge in [-0.05, 0) is 6.07 Å². The van der Waals surface area contributed by atoms with Crippen LogP contribution in [0.4, 0.5) is 21.8 Å². The van der Waals surface area contributed by atoms with Crippen LogP contribution in [0.15, 0.2) is 36.8 Å². The van der Waals surface area contributed by atoms with Crippen LogP contribution in [0.2, 0.25) is 0 Å². The highest BCUT2D eigenvalue weighted by atomic mass is 19.1. The number of halogens is 1. The third kappa shape index (κ3) is 3.77. The van der Waals surface area contributed by atoms with Gasteiger partial charge in [0.15, 0.2) is 11.6 Å². The van der Waals surface area contributed by atoms with Crippen molar-refractivity contribution in [3.8, 4) is 5.75 Å². The summed E-state index contributed by atoms with van der Waals surface area (Å²) >= 11 is 0. The van der Waals surface area contributed by atoms with Crippen molar-refractivity contribution in [3.63, 3.8) is 0 Å². The van der Waals surface area contributed by atoms with Crippen LogP contribution in [0.1, 0.15) is 11.1 Å². The average molecular weight is 355 g/mol. The molecular formula is C17H18FN7O. The van der Waals surface area contributed by atoms with E-state index in [1.807, 2.05) is 0 Å². The molecule has 2 heterocycles. The maximum atomic E-state index is 14.3. The van der Waals surface area contributed by atoms with Gasteiger partial charge in [0.2, 0.25) is 5.95 Å². The second-order valence-electron chi connectivity index (χ2n) is 5.46. The first-order valence-corrected chi connectivity index (χ1v) is 7.79. The summed E-state index contributed by atoms with van der Waals surface area (Å²) in [7, 11) is 3.23. The van der Waals surface area contributed by atoms with Crippen LogP contribution in [0.3, 0.4) is 0 Å². The van der Waals surface area contributed by atoms with Crippen LogP contribution in [0, 0.1) is 11.2 Å². The molecular weight excluding hydrogens is 337 g/mol. The molecule has 0 unspecified atom stereocenters. The molecule has 0 atom stereocenters. The summed E-state index contributed by atoms with van der Waals surface area (Å²) < 4.78 is 20.9. The molecule has 8 nitrogen and oxygen atoms in total. The number of anilines is 3. The molecule has 0 aliphatic heterocycles. The van der Waals surface area contributed by atoms with Crippen LogP contribution in [-0.4, -0.2) is 33.1 Å². The van der Waals surface area contributed by atoms with E-state index in [0.717, 1.165) is 11.9 Å². The SMILES string of the molecule is COc1cccc(CNc2nc(Nc3cnn(C)c3)ncc2C=N)c1F. The molecule has 0 aliphatic carbocycles. The lowest BCUT2D eigenvalue weighted by molar-refractivity contribution is 0.384. The van der Waals surface area contributed by atoms with Crippen molar-refractivity contribution in [1.29, 1.82) is 5.41 Å². The molecule has 2 aromatic heterocycles. The zero-order valence-corrected chi connectivity index (χ0v) is 14.3. The van der Waals surface area contributed by atoms with E-state index in [2.05, 4.69) is 25.7 Å².